The van der Waals surface area contributed by atoms with Crippen molar-refractivity contribution in [2.45, 2.75) is 6.92 Å². The maximum atomic E-state index is 12.5. The minimum atomic E-state index is -0.142. The molecule has 0 aromatic heterocycles. The lowest BCUT2D eigenvalue weighted by Crippen LogP contribution is -2.14. The van der Waals surface area contributed by atoms with Gasteiger partial charge in [-0.15, -0.1) is 0 Å². The van der Waals surface area contributed by atoms with Crippen molar-refractivity contribution in [3.05, 3.63) is 71.8 Å². The summed E-state index contributed by atoms with van der Waals surface area (Å²) in [4.78, 5) is 12.5. The lowest BCUT2D eigenvalue weighted by atomic mass is 10.1. The average molecular weight is 276 g/mol. The average Bonchev–Trinajstić information content (AvgIpc) is 2.50. The molecular weight excluding hydrogens is 260 g/mol. The number of fused-ring (bicyclic) bond motifs is 1. The van der Waals surface area contributed by atoms with Crippen molar-refractivity contribution in [3.8, 4) is 0 Å². The lowest BCUT2D eigenvalue weighted by Gasteiger charge is -2.11. The number of benzene rings is 3. The van der Waals surface area contributed by atoms with Crippen LogP contribution in [0.1, 0.15) is 15.9 Å². The van der Waals surface area contributed by atoms with Gasteiger partial charge in [0.05, 0.1) is 0 Å². The molecule has 3 rings (SSSR count). The first-order chi connectivity index (χ1) is 10.2. The summed E-state index contributed by atoms with van der Waals surface area (Å²) in [5.41, 5.74) is 8.69. The third-order valence-electron chi connectivity index (χ3n) is 3.66. The summed E-state index contributed by atoms with van der Waals surface area (Å²) in [6.07, 6.45) is 0. The summed E-state index contributed by atoms with van der Waals surface area (Å²) in [7, 11) is 0. The Morgan fingerprint density at radius 1 is 0.952 bits per heavy atom. The first-order valence-electron chi connectivity index (χ1n) is 6.81. The van der Waals surface area contributed by atoms with E-state index in [4.69, 9.17) is 5.73 Å². The first kappa shape index (κ1) is 13.2. The normalized spacial score (nSPS) is 10.5. The number of nitrogen functional groups attached to an aromatic ring is 1. The van der Waals surface area contributed by atoms with E-state index in [9.17, 15) is 4.79 Å². The van der Waals surface area contributed by atoms with Crippen LogP contribution < -0.4 is 11.1 Å². The van der Waals surface area contributed by atoms with E-state index >= 15 is 0 Å². The molecule has 3 nitrogen and oxygen atoms in total. The predicted molar refractivity (Wildman–Crippen MR) is 87.5 cm³/mol. The van der Waals surface area contributed by atoms with E-state index in [0.29, 0.717) is 11.3 Å². The molecule has 1 amide bonds. The molecule has 0 atom stereocenters. The van der Waals surface area contributed by atoms with E-state index in [2.05, 4.69) is 5.32 Å². The summed E-state index contributed by atoms with van der Waals surface area (Å²) < 4.78 is 0. The minimum absolute atomic E-state index is 0.142. The summed E-state index contributed by atoms with van der Waals surface area (Å²) in [6.45, 7) is 1.85. The molecule has 0 fully saturated rings. The summed E-state index contributed by atoms with van der Waals surface area (Å²) in [5, 5.41) is 5.09. The zero-order valence-corrected chi connectivity index (χ0v) is 11.8. The zero-order valence-electron chi connectivity index (χ0n) is 11.8. The number of rotatable bonds is 2. The highest BCUT2D eigenvalue weighted by Gasteiger charge is 2.11. The van der Waals surface area contributed by atoms with Gasteiger partial charge in [-0.05, 0) is 36.1 Å². The van der Waals surface area contributed by atoms with Gasteiger partial charge in [0.25, 0.3) is 5.91 Å². The number of hydrogen-bond acceptors (Lipinski definition) is 2. The highest BCUT2D eigenvalue weighted by molar-refractivity contribution is 6.10. The fourth-order valence-electron chi connectivity index (χ4n) is 2.42. The lowest BCUT2D eigenvalue weighted by molar-refractivity contribution is 0.102. The third kappa shape index (κ3) is 2.46. The van der Waals surface area contributed by atoms with Crippen LogP contribution in [0.15, 0.2) is 60.7 Å². The number of nitrogens with one attached hydrogen (secondary N) is 1. The van der Waals surface area contributed by atoms with Gasteiger partial charge < -0.3 is 11.1 Å². The van der Waals surface area contributed by atoms with Crippen LogP contribution in [0.4, 0.5) is 11.4 Å². The Bertz CT molecular complexity index is 819. The van der Waals surface area contributed by atoms with Gasteiger partial charge in [-0.2, -0.15) is 0 Å². The quantitative estimate of drug-likeness (QED) is 0.695. The highest BCUT2D eigenvalue weighted by atomic mass is 16.1. The van der Waals surface area contributed by atoms with Crippen molar-refractivity contribution < 1.29 is 4.79 Å². The van der Waals surface area contributed by atoms with Gasteiger partial charge in [0.1, 0.15) is 0 Å². The van der Waals surface area contributed by atoms with Crippen LogP contribution in [0.3, 0.4) is 0 Å². The molecule has 0 aliphatic carbocycles. The van der Waals surface area contributed by atoms with Gasteiger partial charge in [0.15, 0.2) is 0 Å². The van der Waals surface area contributed by atoms with Crippen molar-refractivity contribution in [3.63, 3.8) is 0 Å². The molecule has 21 heavy (non-hydrogen) atoms. The van der Waals surface area contributed by atoms with Gasteiger partial charge in [-0.25, -0.2) is 0 Å². The molecule has 3 N–H and O–H groups in total. The molecule has 3 aromatic rings. The Morgan fingerprint density at radius 3 is 2.52 bits per heavy atom. The zero-order chi connectivity index (χ0) is 14.8. The van der Waals surface area contributed by atoms with Crippen LogP contribution in [0.5, 0.6) is 0 Å². The third-order valence-corrected chi connectivity index (χ3v) is 3.66. The molecule has 0 saturated carbocycles. The molecule has 0 saturated heterocycles. The second kappa shape index (κ2) is 5.29. The molecule has 0 spiro atoms. The smallest absolute Gasteiger partial charge is 0.256 e. The van der Waals surface area contributed by atoms with Gasteiger partial charge >= 0.3 is 0 Å². The maximum Gasteiger partial charge on any atom is 0.256 e. The summed E-state index contributed by atoms with van der Waals surface area (Å²) in [5.74, 6) is -0.142. The molecule has 3 heteroatoms. The second-order valence-electron chi connectivity index (χ2n) is 5.00. The van der Waals surface area contributed by atoms with Crippen molar-refractivity contribution >= 4 is 28.1 Å². The number of carbonyl (C=O) groups excluding carboxylic acids is 1. The molecule has 104 valence electrons. The van der Waals surface area contributed by atoms with E-state index in [0.717, 1.165) is 22.0 Å². The van der Waals surface area contributed by atoms with Crippen molar-refractivity contribution in [1.82, 2.24) is 0 Å². The highest BCUT2D eigenvalue weighted by Crippen LogP contribution is 2.24. The Balaban J connectivity index is 1.99. The minimum Gasteiger partial charge on any atom is -0.398 e. The van der Waals surface area contributed by atoms with Crippen LogP contribution >= 0.6 is 0 Å². The van der Waals surface area contributed by atoms with Gasteiger partial charge in [0.2, 0.25) is 0 Å². The monoisotopic (exact) mass is 276 g/mol. The molecular formula is C18H16N2O. The van der Waals surface area contributed by atoms with E-state index in [1.807, 2.05) is 49.4 Å². The first-order valence-corrected chi connectivity index (χ1v) is 6.81. The summed E-state index contributed by atoms with van der Waals surface area (Å²) in [6, 6.07) is 19.2. The Kier molecular flexibility index (Phi) is 3.32. The van der Waals surface area contributed by atoms with E-state index in [1.165, 1.54) is 0 Å². The van der Waals surface area contributed by atoms with Crippen LogP contribution in [-0.4, -0.2) is 5.91 Å². The molecule has 0 aliphatic rings. The second-order valence-corrected chi connectivity index (χ2v) is 5.00. The van der Waals surface area contributed by atoms with Gasteiger partial charge in [0, 0.05) is 22.3 Å². The van der Waals surface area contributed by atoms with Crippen LogP contribution in [0, 0.1) is 6.92 Å². The standard InChI is InChI=1S/C18H16N2O/c1-12-14(9-5-10-16(12)19)18(21)20-17-11-4-7-13-6-2-3-8-15(13)17/h2-11H,19H2,1H3,(H,20,21). The fourth-order valence-corrected chi connectivity index (χ4v) is 2.42. The van der Waals surface area contributed by atoms with Crippen LogP contribution in [0.2, 0.25) is 0 Å². The van der Waals surface area contributed by atoms with E-state index in [-0.39, 0.29) is 5.91 Å². The van der Waals surface area contributed by atoms with Crippen LogP contribution in [-0.2, 0) is 0 Å². The fraction of sp³-hybridized carbons (Fsp3) is 0.0556. The molecule has 0 heterocycles. The maximum absolute atomic E-state index is 12.5. The molecule has 0 unspecified atom stereocenters. The molecule has 3 aromatic carbocycles. The van der Waals surface area contributed by atoms with Crippen molar-refractivity contribution in [1.29, 1.82) is 0 Å². The topological polar surface area (TPSA) is 55.1 Å². The molecule has 0 bridgehead atoms. The predicted octanol–water partition coefficient (Wildman–Crippen LogP) is 3.98. The largest absolute Gasteiger partial charge is 0.398 e. The van der Waals surface area contributed by atoms with Gasteiger partial charge in [-0.1, -0.05) is 42.5 Å². The number of amides is 1. The number of hydrogen-bond donors (Lipinski definition) is 2. The number of carbonyl (C=O) groups is 1. The molecule has 0 aliphatic heterocycles. The van der Waals surface area contributed by atoms with Crippen molar-refractivity contribution in [2.75, 3.05) is 11.1 Å². The van der Waals surface area contributed by atoms with Gasteiger partial charge in [-0.3, -0.25) is 4.79 Å². The number of nitrogens with two attached hydrogens (primary N) is 1. The SMILES string of the molecule is Cc1c(N)cccc1C(=O)Nc1cccc2ccccc12. The van der Waals surface area contributed by atoms with Crippen molar-refractivity contribution in [2.24, 2.45) is 0 Å². The Labute approximate surface area is 123 Å². The summed E-state index contributed by atoms with van der Waals surface area (Å²) >= 11 is 0. The number of anilines is 2. The Hall–Kier alpha value is -2.81. The van der Waals surface area contributed by atoms with E-state index < -0.39 is 0 Å². The Morgan fingerprint density at radius 2 is 1.67 bits per heavy atom. The molecule has 0 radical (unpaired) electrons. The van der Waals surface area contributed by atoms with E-state index in [1.54, 1.807) is 18.2 Å². The van der Waals surface area contributed by atoms with Crippen LogP contribution in [0.25, 0.3) is 10.8 Å².